The van der Waals surface area contributed by atoms with Crippen molar-refractivity contribution in [2.24, 2.45) is 10.2 Å². The molecule has 116 valence electrons. The zero-order valence-corrected chi connectivity index (χ0v) is 13.5. The van der Waals surface area contributed by atoms with E-state index in [-0.39, 0.29) is 5.75 Å². The van der Waals surface area contributed by atoms with Crippen molar-refractivity contribution in [1.29, 1.82) is 0 Å². The maximum atomic E-state index is 9.28. The van der Waals surface area contributed by atoms with Crippen LogP contribution in [0.25, 0.3) is 0 Å². The van der Waals surface area contributed by atoms with E-state index in [0.717, 1.165) is 22.5 Å². The van der Waals surface area contributed by atoms with Crippen molar-refractivity contribution >= 4 is 17.1 Å². The van der Waals surface area contributed by atoms with Gasteiger partial charge < -0.3 is 10.8 Å². The molecule has 0 aliphatic rings. The fourth-order valence-corrected chi connectivity index (χ4v) is 2.33. The van der Waals surface area contributed by atoms with Gasteiger partial charge in [-0.25, -0.2) is 0 Å². The van der Waals surface area contributed by atoms with Crippen LogP contribution in [0.15, 0.2) is 46.6 Å². The summed E-state index contributed by atoms with van der Waals surface area (Å²) < 4.78 is 0. The number of hydrogen-bond acceptors (Lipinski definition) is 4. The van der Waals surface area contributed by atoms with E-state index in [1.165, 1.54) is 0 Å². The third-order valence-corrected chi connectivity index (χ3v) is 3.60. The lowest BCUT2D eigenvalue weighted by Gasteiger charge is -2.17. The Morgan fingerprint density at radius 1 is 0.818 bits per heavy atom. The molecule has 0 aromatic heterocycles. The lowest BCUT2D eigenvalue weighted by molar-refractivity contribution is 0.475. The summed E-state index contributed by atoms with van der Waals surface area (Å²) >= 11 is 0. The fourth-order valence-electron chi connectivity index (χ4n) is 2.33. The van der Waals surface area contributed by atoms with E-state index in [1.54, 1.807) is 24.3 Å². The van der Waals surface area contributed by atoms with Crippen molar-refractivity contribution in [2.75, 3.05) is 5.73 Å². The van der Waals surface area contributed by atoms with Gasteiger partial charge in [0.2, 0.25) is 0 Å². The van der Waals surface area contributed by atoms with E-state index < -0.39 is 0 Å². The molecule has 0 aliphatic carbocycles. The van der Waals surface area contributed by atoms with Gasteiger partial charge in [0.1, 0.15) is 5.75 Å². The number of aromatic hydroxyl groups is 1. The predicted molar refractivity (Wildman–Crippen MR) is 91.3 cm³/mol. The summed E-state index contributed by atoms with van der Waals surface area (Å²) in [6, 6.07) is 10.6. The van der Waals surface area contributed by atoms with Crippen LogP contribution in [0.4, 0.5) is 17.1 Å². The Morgan fingerprint density at radius 2 is 1.27 bits per heavy atom. The van der Waals surface area contributed by atoms with Crippen LogP contribution in [0.1, 0.15) is 50.7 Å². The second-order valence-corrected chi connectivity index (χ2v) is 6.06. The Balaban J connectivity index is 2.40. The minimum atomic E-state index is 0.218. The van der Waals surface area contributed by atoms with Crippen LogP contribution in [-0.4, -0.2) is 5.11 Å². The molecule has 2 rings (SSSR count). The average molecular weight is 297 g/mol. The summed E-state index contributed by atoms with van der Waals surface area (Å²) in [6.45, 7) is 8.49. The van der Waals surface area contributed by atoms with Gasteiger partial charge in [0.25, 0.3) is 0 Å². The number of nitrogens with two attached hydrogens (primary N) is 1. The largest absolute Gasteiger partial charge is 0.508 e. The normalized spacial score (nSPS) is 11.7. The van der Waals surface area contributed by atoms with E-state index in [2.05, 4.69) is 37.9 Å². The zero-order chi connectivity index (χ0) is 16.3. The predicted octanol–water partition coefficient (Wildman–Crippen LogP) is 5.64. The summed E-state index contributed by atoms with van der Waals surface area (Å²) in [5.74, 6) is 0.887. The maximum Gasteiger partial charge on any atom is 0.115 e. The van der Waals surface area contributed by atoms with Crippen LogP contribution in [-0.2, 0) is 0 Å². The molecular weight excluding hydrogens is 274 g/mol. The fraction of sp³-hybridized carbons (Fsp3) is 0.333. The molecule has 0 bridgehead atoms. The highest BCUT2D eigenvalue weighted by atomic mass is 16.3. The summed E-state index contributed by atoms with van der Waals surface area (Å²) in [6.07, 6.45) is 0. The number of phenolic OH excluding ortho intramolecular Hbond substituents is 1. The molecule has 4 heteroatoms. The van der Waals surface area contributed by atoms with E-state index in [1.807, 2.05) is 12.1 Å². The first kappa shape index (κ1) is 16.0. The number of nitrogens with zero attached hydrogens (tertiary/aromatic N) is 2. The van der Waals surface area contributed by atoms with Gasteiger partial charge in [0.05, 0.1) is 11.4 Å². The van der Waals surface area contributed by atoms with Gasteiger partial charge in [-0.15, -0.1) is 0 Å². The van der Waals surface area contributed by atoms with Crippen LogP contribution in [0.3, 0.4) is 0 Å². The van der Waals surface area contributed by atoms with Gasteiger partial charge in [-0.3, -0.25) is 0 Å². The summed E-state index contributed by atoms with van der Waals surface area (Å²) in [4.78, 5) is 0. The Kier molecular flexibility index (Phi) is 4.81. The second-order valence-electron chi connectivity index (χ2n) is 6.06. The minimum Gasteiger partial charge on any atom is -0.508 e. The third-order valence-electron chi connectivity index (χ3n) is 3.60. The molecule has 0 aliphatic heterocycles. The molecule has 0 unspecified atom stereocenters. The number of azo groups is 1. The Labute approximate surface area is 131 Å². The number of nitrogen functional groups attached to an aromatic ring is 1. The molecule has 0 heterocycles. The molecule has 3 N–H and O–H groups in total. The van der Waals surface area contributed by atoms with Crippen molar-refractivity contribution in [2.45, 2.75) is 39.5 Å². The lowest BCUT2D eigenvalue weighted by atomic mass is 9.92. The topological polar surface area (TPSA) is 71.0 Å². The smallest absolute Gasteiger partial charge is 0.115 e. The van der Waals surface area contributed by atoms with Crippen LogP contribution >= 0.6 is 0 Å². The van der Waals surface area contributed by atoms with Gasteiger partial charge in [-0.2, -0.15) is 10.2 Å². The highest BCUT2D eigenvalue weighted by molar-refractivity contribution is 5.63. The SMILES string of the molecule is CC(C)c1cc(N=Nc2ccc(O)cc2)cc(C(C)C)c1N. The van der Waals surface area contributed by atoms with E-state index in [4.69, 9.17) is 5.73 Å². The van der Waals surface area contributed by atoms with Crippen LogP contribution < -0.4 is 5.73 Å². The third kappa shape index (κ3) is 3.64. The lowest BCUT2D eigenvalue weighted by Crippen LogP contribution is -2.02. The quantitative estimate of drug-likeness (QED) is 0.566. The van der Waals surface area contributed by atoms with E-state index in [9.17, 15) is 5.11 Å². The summed E-state index contributed by atoms with van der Waals surface area (Å²) in [5.41, 5.74) is 10.8. The Bertz CT molecular complexity index is 644. The highest BCUT2D eigenvalue weighted by Crippen LogP contribution is 2.35. The molecule has 0 spiro atoms. The highest BCUT2D eigenvalue weighted by Gasteiger charge is 2.13. The van der Waals surface area contributed by atoms with Crippen molar-refractivity contribution in [1.82, 2.24) is 0 Å². The number of phenols is 1. The monoisotopic (exact) mass is 297 g/mol. The molecule has 2 aromatic carbocycles. The molecule has 0 atom stereocenters. The van der Waals surface area contributed by atoms with Crippen LogP contribution in [0, 0.1) is 0 Å². The Morgan fingerprint density at radius 3 is 1.73 bits per heavy atom. The first-order valence-corrected chi connectivity index (χ1v) is 7.52. The van der Waals surface area contributed by atoms with Gasteiger partial charge in [-0.1, -0.05) is 27.7 Å². The molecule has 0 radical (unpaired) electrons. The van der Waals surface area contributed by atoms with Crippen molar-refractivity contribution < 1.29 is 5.11 Å². The van der Waals surface area contributed by atoms with Gasteiger partial charge in [-0.05, 0) is 59.4 Å². The molecule has 0 fully saturated rings. The Hall–Kier alpha value is -2.36. The summed E-state index contributed by atoms with van der Waals surface area (Å²) in [7, 11) is 0. The van der Waals surface area contributed by atoms with Crippen LogP contribution in [0.5, 0.6) is 5.75 Å². The second kappa shape index (κ2) is 6.60. The van der Waals surface area contributed by atoms with Gasteiger partial charge >= 0.3 is 0 Å². The van der Waals surface area contributed by atoms with E-state index in [0.29, 0.717) is 17.5 Å². The zero-order valence-electron chi connectivity index (χ0n) is 13.5. The molecular formula is C18H23N3O. The molecule has 4 nitrogen and oxygen atoms in total. The van der Waals surface area contributed by atoms with Crippen molar-refractivity contribution in [3.05, 3.63) is 47.5 Å². The van der Waals surface area contributed by atoms with Crippen molar-refractivity contribution in [3.63, 3.8) is 0 Å². The number of hydrogen-bond donors (Lipinski definition) is 2. The first-order chi connectivity index (χ1) is 10.4. The standard InChI is InChI=1S/C18H23N3O/c1-11(2)16-9-14(10-17(12(3)4)18(16)19)21-20-13-5-7-15(22)8-6-13/h5-12,22H,19H2,1-4H3. The minimum absolute atomic E-state index is 0.218. The number of benzene rings is 2. The maximum absolute atomic E-state index is 9.28. The molecule has 0 saturated carbocycles. The average Bonchev–Trinajstić information content (AvgIpc) is 2.47. The molecule has 2 aromatic rings. The molecule has 22 heavy (non-hydrogen) atoms. The van der Waals surface area contributed by atoms with Crippen LogP contribution in [0.2, 0.25) is 0 Å². The number of anilines is 1. The van der Waals surface area contributed by atoms with Gasteiger partial charge in [0.15, 0.2) is 0 Å². The van der Waals surface area contributed by atoms with E-state index >= 15 is 0 Å². The first-order valence-electron chi connectivity index (χ1n) is 7.52. The number of rotatable bonds is 4. The summed E-state index contributed by atoms with van der Waals surface area (Å²) in [5, 5.41) is 17.8. The molecule has 0 amide bonds. The van der Waals surface area contributed by atoms with Crippen molar-refractivity contribution in [3.8, 4) is 5.75 Å². The van der Waals surface area contributed by atoms with Gasteiger partial charge in [0, 0.05) is 5.69 Å². The molecule has 0 saturated heterocycles.